The van der Waals surface area contributed by atoms with Crippen molar-refractivity contribution in [3.05, 3.63) is 0 Å². The standard InChI is InChI=1S/C9H11ClF6O2/c1-2-3-4-5-18-6(17)7(10,8(11,12)13)9(14,15)16/h2-5H2,1H3. The van der Waals surface area contributed by atoms with E-state index in [1.54, 1.807) is 6.92 Å². The van der Waals surface area contributed by atoms with Gasteiger partial charge in [-0.15, -0.1) is 0 Å². The van der Waals surface area contributed by atoms with E-state index in [1.165, 1.54) is 0 Å². The van der Waals surface area contributed by atoms with E-state index in [0.717, 1.165) is 0 Å². The number of carbonyl (C=O) groups excluding carboxylic acids is 1. The van der Waals surface area contributed by atoms with Crippen molar-refractivity contribution in [2.75, 3.05) is 6.61 Å². The van der Waals surface area contributed by atoms with E-state index in [4.69, 9.17) is 0 Å². The molecule has 0 fully saturated rings. The number of hydrogen-bond donors (Lipinski definition) is 0. The summed E-state index contributed by atoms with van der Waals surface area (Å²) in [4.78, 5) is 5.92. The summed E-state index contributed by atoms with van der Waals surface area (Å²) in [6.45, 7) is 1.23. The molecule has 0 aliphatic heterocycles. The Morgan fingerprint density at radius 2 is 1.50 bits per heavy atom. The highest BCUT2D eigenvalue weighted by Crippen LogP contribution is 2.48. The zero-order valence-corrected chi connectivity index (χ0v) is 10.0. The van der Waals surface area contributed by atoms with Gasteiger partial charge in [-0.25, -0.2) is 4.79 Å². The Morgan fingerprint density at radius 1 is 1.06 bits per heavy atom. The molecule has 18 heavy (non-hydrogen) atoms. The molecule has 0 spiro atoms. The van der Waals surface area contributed by atoms with Gasteiger partial charge in [0.1, 0.15) is 0 Å². The summed E-state index contributed by atoms with van der Waals surface area (Å²) in [7, 11) is 0. The lowest BCUT2D eigenvalue weighted by Crippen LogP contribution is -2.58. The maximum absolute atomic E-state index is 12.3. The molecule has 0 radical (unpaired) electrons. The second kappa shape index (κ2) is 5.99. The van der Waals surface area contributed by atoms with Gasteiger partial charge in [0.15, 0.2) is 0 Å². The van der Waals surface area contributed by atoms with Crippen molar-refractivity contribution >= 4 is 17.6 Å². The predicted octanol–water partition coefficient (Wildman–Crippen LogP) is 3.82. The first-order chi connectivity index (χ1) is 7.98. The average Bonchev–Trinajstić information content (AvgIpc) is 2.19. The molecule has 9 heteroatoms. The first kappa shape index (κ1) is 17.3. The number of unbranched alkanes of at least 4 members (excludes halogenated alkanes) is 2. The lowest BCUT2D eigenvalue weighted by molar-refractivity contribution is -0.268. The van der Waals surface area contributed by atoms with Crippen LogP contribution in [-0.2, 0) is 9.53 Å². The maximum atomic E-state index is 12.3. The third-order valence-electron chi connectivity index (χ3n) is 2.04. The zero-order chi connectivity index (χ0) is 14.6. The van der Waals surface area contributed by atoms with Crippen LogP contribution in [0, 0.1) is 0 Å². The van der Waals surface area contributed by atoms with E-state index in [9.17, 15) is 31.1 Å². The van der Waals surface area contributed by atoms with Crippen LogP contribution in [0.4, 0.5) is 26.3 Å². The monoisotopic (exact) mass is 300 g/mol. The first-order valence-corrected chi connectivity index (χ1v) is 5.35. The van der Waals surface area contributed by atoms with Crippen LogP contribution >= 0.6 is 11.6 Å². The second-order valence-corrected chi connectivity index (χ2v) is 4.06. The van der Waals surface area contributed by atoms with E-state index in [0.29, 0.717) is 12.8 Å². The molecule has 0 N–H and O–H groups in total. The van der Waals surface area contributed by atoms with Crippen LogP contribution in [0.15, 0.2) is 0 Å². The van der Waals surface area contributed by atoms with Gasteiger partial charge in [0.2, 0.25) is 0 Å². The number of halogens is 7. The van der Waals surface area contributed by atoms with E-state index in [-0.39, 0.29) is 6.42 Å². The quantitative estimate of drug-likeness (QED) is 0.334. The van der Waals surface area contributed by atoms with Crippen LogP contribution in [0.3, 0.4) is 0 Å². The van der Waals surface area contributed by atoms with Gasteiger partial charge >= 0.3 is 23.2 Å². The molecule has 0 unspecified atom stereocenters. The third-order valence-corrected chi connectivity index (χ3v) is 2.63. The summed E-state index contributed by atoms with van der Waals surface area (Å²) >= 11 is 4.43. The molecule has 0 heterocycles. The predicted molar refractivity (Wildman–Crippen MR) is 51.2 cm³/mol. The minimum atomic E-state index is -5.98. The van der Waals surface area contributed by atoms with Crippen molar-refractivity contribution in [3.63, 3.8) is 0 Å². The molecular weight excluding hydrogens is 290 g/mol. The van der Waals surface area contributed by atoms with Crippen molar-refractivity contribution in [2.45, 2.75) is 43.4 Å². The summed E-state index contributed by atoms with van der Waals surface area (Å²) < 4.78 is 77.6. The van der Waals surface area contributed by atoms with Gasteiger partial charge in [0.25, 0.3) is 0 Å². The van der Waals surface area contributed by atoms with Gasteiger partial charge in [0.05, 0.1) is 6.61 Å². The minimum absolute atomic E-state index is 0.172. The molecule has 0 aromatic rings. The lowest BCUT2D eigenvalue weighted by Gasteiger charge is -2.29. The van der Waals surface area contributed by atoms with Gasteiger partial charge in [-0.05, 0) is 6.42 Å². The fraction of sp³-hybridized carbons (Fsp3) is 0.889. The Bertz CT molecular complexity index is 272. The van der Waals surface area contributed by atoms with Crippen molar-refractivity contribution in [2.24, 2.45) is 0 Å². The number of hydrogen-bond acceptors (Lipinski definition) is 2. The molecule has 108 valence electrons. The van der Waals surface area contributed by atoms with Crippen LogP contribution in [0.1, 0.15) is 26.2 Å². The number of carbonyl (C=O) groups is 1. The number of alkyl halides is 7. The summed E-state index contributed by atoms with van der Waals surface area (Å²) in [6.07, 6.45) is -10.6. The third kappa shape index (κ3) is 3.66. The van der Waals surface area contributed by atoms with E-state index >= 15 is 0 Å². The maximum Gasteiger partial charge on any atom is 0.427 e. The highest BCUT2D eigenvalue weighted by atomic mass is 35.5. The summed E-state index contributed by atoms with van der Waals surface area (Å²) in [5.41, 5.74) is 0. The number of esters is 1. The minimum Gasteiger partial charge on any atom is -0.464 e. The Morgan fingerprint density at radius 3 is 1.83 bits per heavy atom. The molecule has 0 aliphatic rings. The summed E-state index contributed by atoms with van der Waals surface area (Å²) in [5.74, 6) is -2.54. The van der Waals surface area contributed by atoms with Gasteiger partial charge < -0.3 is 4.74 Å². The number of rotatable bonds is 5. The Kier molecular flexibility index (Phi) is 5.77. The average molecular weight is 301 g/mol. The molecule has 0 aromatic heterocycles. The normalized spacial score (nSPS) is 13.6. The second-order valence-electron chi connectivity index (χ2n) is 3.50. The molecule has 0 bridgehead atoms. The fourth-order valence-electron chi connectivity index (χ4n) is 1.01. The Labute approximate surface area is 104 Å². The van der Waals surface area contributed by atoms with Crippen molar-refractivity contribution in [1.29, 1.82) is 0 Å². The van der Waals surface area contributed by atoms with Gasteiger partial charge in [0, 0.05) is 0 Å². The van der Waals surface area contributed by atoms with Crippen LogP contribution in [0.25, 0.3) is 0 Å². The van der Waals surface area contributed by atoms with E-state index in [2.05, 4.69) is 16.3 Å². The van der Waals surface area contributed by atoms with Gasteiger partial charge in [-0.2, -0.15) is 26.3 Å². The van der Waals surface area contributed by atoms with Crippen LogP contribution < -0.4 is 0 Å². The Balaban J connectivity index is 4.86. The number of ether oxygens (including phenoxy) is 1. The lowest BCUT2D eigenvalue weighted by atomic mass is 10.1. The molecule has 0 aromatic carbocycles. The van der Waals surface area contributed by atoms with Crippen molar-refractivity contribution < 1.29 is 35.9 Å². The SMILES string of the molecule is CCCCCOC(=O)C(Cl)(C(F)(F)F)C(F)(F)F. The summed E-state index contributed by atoms with van der Waals surface area (Å²) in [6, 6.07) is 0. The highest BCUT2D eigenvalue weighted by Gasteiger charge is 2.76. The summed E-state index contributed by atoms with van der Waals surface area (Å²) in [5, 5.41) is 0. The highest BCUT2D eigenvalue weighted by molar-refractivity contribution is 6.35. The topological polar surface area (TPSA) is 26.3 Å². The fourth-order valence-corrected chi connectivity index (χ4v) is 1.06. The smallest absolute Gasteiger partial charge is 0.427 e. The van der Waals surface area contributed by atoms with Crippen molar-refractivity contribution in [1.82, 2.24) is 0 Å². The molecule has 0 rings (SSSR count). The molecule has 0 atom stereocenters. The van der Waals surface area contributed by atoms with Crippen molar-refractivity contribution in [3.8, 4) is 0 Å². The molecule has 2 nitrogen and oxygen atoms in total. The molecule has 0 amide bonds. The van der Waals surface area contributed by atoms with E-state index < -0.39 is 29.8 Å². The largest absolute Gasteiger partial charge is 0.464 e. The first-order valence-electron chi connectivity index (χ1n) is 4.98. The molecule has 0 saturated heterocycles. The van der Waals surface area contributed by atoms with Gasteiger partial charge in [-0.1, -0.05) is 31.4 Å². The zero-order valence-electron chi connectivity index (χ0n) is 9.29. The van der Waals surface area contributed by atoms with Gasteiger partial charge in [-0.3, -0.25) is 0 Å². The molecule has 0 aliphatic carbocycles. The van der Waals surface area contributed by atoms with Crippen LogP contribution in [-0.4, -0.2) is 29.8 Å². The van der Waals surface area contributed by atoms with Crippen LogP contribution in [0.5, 0.6) is 0 Å². The molecule has 0 saturated carbocycles. The van der Waals surface area contributed by atoms with E-state index in [1.807, 2.05) is 0 Å². The molecular formula is C9H11ClF6O2. The van der Waals surface area contributed by atoms with Crippen LogP contribution in [0.2, 0.25) is 0 Å². The Hall–Kier alpha value is -0.660.